The zero-order chi connectivity index (χ0) is 7.84. The Labute approximate surface area is 69.2 Å². The van der Waals surface area contributed by atoms with Crippen LogP contribution in [0.5, 0.6) is 0 Å². The SMILES string of the molecule is Cc1c[nH]c2ncc(Cl)cc12. The van der Waals surface area contributed by atoms with Gasteiger partial charge in [-0.3, -0.25) is 0 Å². The Bertz CT molecular complexity index is 392. The first kappa shape index (κ1) is 6.68. The van der Waals surface area contributed by atoms with Crippen LogP contribution in [-0.4, -0.2) is 9.97 Å². The summed E-state index contributed by atoms with van der Waals surface area (Å²) in [7, 11) is 0. The van der Waals surface area contributed by atoms with E-state index >= 15 is 0 Å². The summed E-state index contributed by atoms with van der Waals surface area (Å²) in [5, 5.41) is 1.78. The Balaban J connectivity index is 2.87. The van der Waals surface area contributed by atoms with E-state index in [4.69, 9.17) is 11.6 Å². The molecule has 2 nitrogen and oxygen atoms in total. The number of halogens is 1. The van der Waals surface area contributed by atoms with Crippen LogP contribution in [0.2, 0.25) is 5.02 Å². The fourth-order valence-electron chi connectivity index (χ4n) is 1.11. The number of nitrogens with zero attached hydrogens (tertiary/aromatic N) is 1. The van der Waals surface area contributed by atoms with Crippen LogP contribution in [0, 0.1) is 6.92 Å². The Morgan fingerprint density at radius 1 is 1.55 bits per heavy atom. The molecule has 0 fully saturated rings. The van der Waals surface area contributed by atoms with Crippen molar-refractivity contribution in [3.05, 3.63) is 29.0 Å². The molecule has 2 heterocycles. The maximum atomic E-state index is 5.77. The van der Waals surface area contributed by atoms with Crippen LogP contribution in [0.4, 0.5) is 0 Å². The van der Waals surface area contributed by atoms with Crippen LogP contribution in [-0.2, 0) is 0 Å². The highest BCUT2D eigenvalue weighted by Gasteiger charge is 1.99. The van der Waals surface area contributed by atoms with Crippen molar-refractivity contribution >= 4 is 22.6 Å². The summed E-state index contributed by atoms with van der Waals surface area (Å²) in [6.45, 7) is 2.02. The minimum Gasteiger partial charge on any atom is -0.346 e. The summed E-state index contributed by atoms with van der Waals surface area (Å²) in [5.74, 6) is 0. The largest absolute Gasteiger partial charge is 0.346 e. The van der Waals surface area contributed by atoms with Crippen LogP contribution in [0.25, 0.3) is 11.0 Å². The summed E-state index contributed by atoms with van der Waals surface area (Å²) >= 11 is 5.77. The monoisotopic (exact) mass is 166 g/mol. The van der Waals surface area contributed by atoms with E-state index in [1.54, 1.807) is 6.20 Å². The van der Waals surface area contributed by atoms with Crippen molar-refractivity contribution in [2.75, 3.05) is 0 Å². The van der Waals surface area contributed by atoms with Gasteiger partial charge in [-0.25, -0.2) is 4.98 Å². The Morgan fingerprint density at radius 2 is 2.36 bits per heavy atom. The van der Waals surface area contributed by atoms with Gasteiger partial charge in [0.05, 0.1) is 5.02 Å². The Morgan fingerprint density at radius 3 is 3.18 bits per heavy atom. The van der Waals surface area contributed by atoms with Gasteiger partial charge in [-0.05, 0) is 18.6 Å². The number of hydrogen-bond acceptors (Lipinski definition) is 1. The number of aromatic nitrogens is 2. The van der Waals surface area contributed by atoms with E-state index in [2.05, 4.69) is 9.97 Å². The van der Waals surface area contributed by atoms with Crippen molar-refractivity contribution < 1.29 is 0 Å². The molecule has 0 aliphatic rings. The number of H-pyrrole nitrogens is 1. The van der Waals surface area contributed by atoms with Gasteiger partial charge in [-0.1, -0.05) is 11.6 Å². The molecule has 1 N–H and O–H groups in total. The van der Waals surface area contributed by atoms with Gasteiger partial charge in [0.2, 0.25) is 0 Å². The predicted molar refractivity (Wildman–Crippen MR) is 45.8 cm³/mol. The molecule has 0 radical (unpaired) electrons. The lowest BCUT2D eigenvalue weighted by molar-refractivity contribution is 1.32. The van der Waals surface area contributed by atoms with Crippen molar-refractivity contribution in [3.8, 4) is 0 Å². The maximum absolute atomic E-state index is 5.77. The summed E-state index contributed by atoms with van der Waals surface area (Å²) in [6.07, 6.45) is 3.56. The van der Waals surface area contributed by atoms with Gasteiger partial charge in [0.15, 0.2) is 0 Å². The summed E-state index contributed by atoms with van der Waals surface area (Å²) in [5.41, 5.74) is 2.07. The average Bonchev–Trinajstić information content (AvgIpc) is 2.33. The molecule has 11 heavy (non-hydrogen) atoms. The molecule has 56 valence electrons. The first-order valence-electron chi connectivity index (χ1n) is 3.36. The molecule has 0 aromatic carbocycles. The molecule has 0 aliphatic carbocycles. The second-order valence-corrected chi connectivity index (χ2v) is 2.96. The fraction of sp³-hybridized carbons (Fsp3) is 0.125. The van der Waals surface area contributed by atoms with E-state index in [1.807, 2.05) is 19.2 Å². The minimum absolute atomic E-state index is 0.681. The molecular formula is C8H7ClN2. The minimum atomic E-state index is 0.681. The molecule has 0 saturated heterocycles. The molecule has 2 aromatic heterocycles. The van der Waals surface area contributed by atoms with Crippen molar-refractivity contribution in [1.29, 1.82) is 0 Å². The van der Waals surface area contributed by atoms with Gasteiger partial charge < -0.3 is 4.98 Å². The quantitative estimate of drug-likeness (QED) is 0.640. The second-order valence-electron chi connectivity index (χ2n) is 2.52. The topological polar surface area (TPSA) is 28.7 Å². The van der Waals surface area contributed by atoms with Gasteiger partial charge in [-0.15, -0.1) is 0 Å². The summed E-state index contributed by atoms with van der Waals surface area (Å²) < 4.78 is 0. The highest BCUT2D eigenvalue weighted by molar-refractivity contribution is 6.31. The van der Waals surface area contributed by atoms with E-state index < -0.39 is 0 Å². The third-order valence-electron chi connectivity index (χ3n) is 1.70. The molecular weight excluding hydrogens is 160 g/mol. The third kappa shape index (κ3) is 0.994. The van der Waals surface area contributed by atoms with Crippen molar-refractivity contribution in [2.45, 2.75) is 6.92 Å². The van der Waals surface area contributed by atoms with Crippen LogP contribution < -0.4 is 0 Å². The smallest absolute Gasteiger partial charge is 0.137 e. The van der Waals surface area contributed by atoms with Crippen molar-refractivity contribution in [2.24, 2.45) is 0 Å². The molecule has 0 aliphatic heterocycles. The van der Waals surface area contributed by atoms with Crippen LogP contribution in [0.1, 0.15) is 5.56 Å². The zero-order valence-electron chi connectivity index (χ0n) is 6.06. The molecule has 0 bridgehead atoms. The number of fused-ring (bicyclic) bond motifs is 1. The molecule has 0 atom stereocenters. The predicted octanol–water partition coefficient (Wildman–Crippen LogP) is 2.52. The number of pyridine rings is 1. The Kier molecular flexibility index (Phi) is 1.36. The number of aromatic amines is 1. The molecule has 2 aromatic rings. The fourth-order valence-corrected chi connectivity index (χ4v) is 1.27. The first-order chi connectivity index (χ1) is 5.27. The van der Waals surface area contributed by atoms with Gasteiger partial charge in [0.25, 0.3) is 0 Å². The summed E-state index contributed by atoms with van der Waals surface area (Å²) in [4.78, 5) is 7.16. The standard InChI is InChI=1S/C8H7ClN2/c1-5-3-10-8-7(5)2-6(9)4-11-8/h2-4H,1H3,(H,10,11). The van der Waals surface area contributed by atoms with Gasteiger partial charge >= 0.3 is 0 Å². The van der Waals surface area contributed by atoms with Crippen molar-refractivity contribution in [3.63, 3.8) is 0 Å². The number of aryl methyl sites for hydroxylation is 1. The Hall–Kier alpha value is -1.02. The average molecular weight is 167 g/mol. The van der Waals surface area contributed by atoms with Gasteiger partial charge in [0.1, 0.15) is 5.65 Å². The number of rotatable bonds is 0. The first-order valence-corrected chi connectivity index (χ1v) is 3.74. The van der Waals surface area contributed by atoms with E-state index in [0.717, 1.165) is 11.0 Å². The number of hydrogen-bond donors (Lipinski definition) is 1. The molecule has 0 unspecified atom stereocenters. The molecule has 0 spiro atoms. The normalized spacial score (nSPS) is 10.7. The number of nitrogens with one attached hydrogen (secondary N) is 1. The second kappa shape index (κ2) is 2.24. The maximum Gasteiger partial charge on any atom is 0.137 e. The van der Waals surface area contributed by atoms with Gasteiger partial charge in [0, 0.05) is 17.8 Å². The van der Waals surface area contributed by atoms with Crippen molar-refractivity contribution in [1.82, 2.24) is 9.97 Å². The van der Waals surface area contributed by atoms with E-state index in [-0.39, 0.29) is 0 Å². The molecule has 2 rings (SSSR count). The van der Waals surface area contributed by atoms with E-state index in [9.17, 15) is 0 Å². The van der Waals surface area contributed by atoms with Crippen LogP contribution in [0.15, 0.2) is 18.5 Å². The van der Waals surface area contributed by atoms with E-state index in [1.165, 1.54) is 5.56 Å². The lowest BCUT2D eigenvalue weighted by Gasteiger charge is -1.90. The van der Waals surface area contributed by atoms with Gasteiger partial charge in [-0.2, -0.15) is 0 Å². The lowest BCUT2D eigenvalue weighted by Crippen LogP contribution is -1.74. The van der Waals surface area contributed by atoms with Crippen LogP contribution >= 0.6 is 11.6 Å². The highest BCUT2D eigenvalue weighted by atomic mass is 35.5. The third-order valence-corrected chi connectivity index (χ3v) is 1.91. The lowest BCUT2D eigenvalue weighted by atomic mass is 10.2. The highest BCUT2D eigenvalue weighted by Crippen LogP contribution is 2.18. The van der Waals surface area contributed by atoms with Crippen LogP contribution in [0.3, 0.4) is 0 Å². The molecule has 0 saturated carbocycles. The van der Waals surface area contributed by atoms with E-state index in [0.29, 0.717) is 5.02 Å². The summed E-state index contributed by atoms with van der Waals surface area (Å²) in [6, 6.07) is 1.91. The molecule has 3 heteroatoms. The zero-order valence-corrected chi connectivity index (χ0v) is 6.81. The molecule has 0 amide bonds.